The number of hydrogen-bond donors (Lipinski definition) is 2. The molecular formula is C15H21N3O2. The minimum absolute atomic E-state index is 0.0359. The summed E-state index contributed by atoms with van der Waals surface area (Å²) in [5, 5.41) is 15.1. The lowest BCUT2D eigenvalue weighted by atomic mass is 10.1. The second-order valence-corrected chi connectivity index (χ2v) is 4.36. The first kappa shape index (κ1) is 16.0. The van der Waals surface area contributed by atoms with Gasteiger partial charge in [0.15, 0.2) is 0 Å². The Labute approximate surface area is 119 Å². The minimum atomic E-state index is -0.368. The summed E-state index contributed by atoms with van der Waals surface area (Å²) in [6.07, 6.45) is 0.781. The summed E-state index contributed by atoms with van der Waals surface area (Å²) >= 11 is 0. The van der Waals surface area contributed by atoms with E-state index in [9.17, 15) is 10.1 Å². The maximum Gasteiger partial charge on any atom is 0.216 e. The van der Waals surface area contributed by atoms with Crippen LogP contribution in [0.4, 0.5) is 0 Å². The third kappa shape index (κ3) is 5.72. The van der Waals surface area contributed by atoms with E-state index in [1.165, 1.54) is 6.92 Å². The van der Waals surface area contributed by atoms with Crippen LogP contribution >= 0.6 is 0 Å². The van der Waals surface area contributed by atoms with Crippen molar-refractivity contribution in [3.05, 3.63) is 29.8 Å². The number of nitrogens with zero attached hydrogens (tertiary/aromatic N) is 1. The SMILES string of the molecule is CCOc1cccc(C(C#N)NCCCNC(C)=O)c1. The molecule has 1 atom stereocenters. The molecule has 0 bridgehead atoms. The van der Waals surface area contributed by atoms with Gasteiger partial charge in [0.1, 0.15) is 11.8 Å². The van der Waals surface area contributed by atoms with Gasteiger partial charge >= 0.3 is 0 Å². The van der Waals surface area contributed by atoms with Crippen LogP contribution in [0, 0.1) is 11.3 Å². The van der Waals surface area contributed by atoms with Crippen LogP contribution in [0.25, 0.3) is 0 Å². The Balaban J connectivity index is 2.47. The van der Waals surface area contributed by atoms with Gasteiger partial charge < -0.3 is 10.1 Å². The van der Waals surface area contributed by atoms with E-state index in [2.05, 4.69) is 16.7 Å². The molecule has 108 valence electrons. The molecule has 0 fully saturated rings. The maximum absolute atomic E-state index is 10.7. The molecule has 1 amide bonds. The Morgan fingerprint density at radius 1 is 1.45 bits per heavy atom. The Morgan fingerprint density at radius 2 is 2.25 bits per heavy atom. The van der Waals surface area contributed by atoms with Gasteiger partial charge in [0.25, 0.3) is 0 Å². The van der Waals surface area contributed by atoms with Crippen LogP contribution in [0.1, 0.15) is 31.9 Å². The van der Waals surface area contributed by atoms with Gasteiger partial charge in [-0.15, -0.1) is 0 Å². The Morgan fingerprint density at radius 3 is 2.90 bits per heavy atom. The average Bonchev–Trinajstić information content (AvgIpc) is 2.43. The molecule has 0 saturated carbocycles. The molecule has 0 heterocycles. The summed E-state index contributed by atoms with van der Waals surface area (Å²) in [5.74, 6) is 0.733. The largest absolute Gasteiger partial charge is 0.494 e. The first-order chi connectivity index (χ1) is 9.67. The highest BCUT2D eigenvalue weighted by molar-refractivity contribution is 5.72. The quantitative estimate of drug-likeness (QED) is 0.709. The van der Waals surface area contributed by atoms with Crippen LogP contribution in [-0.4, -0.2) is 25.6 Å². The van der Waals surface area contributed by atoms with Crippen LogP contribution in [0.15, 0.2) is 24.3 Å². The molecule has 0 spiro atoms. The lowest BCUT2D eigenvalue weighted by Crippen LogP contribution is -2.27. The lowest BCUT2D eigenvalue weighted by Gasteiger charge is -2.13. The predicted molar refractivity (Wildman–Crippen MR) is 77.3 cm³/mol. The minimum Gasteiger partial charge on any atom is -0.494 e. The van der Waals surface area contributed by atoms with E-state index < -0.39 is 0 Å². The third-order valence-electron chi connectivity index (χ3n) is 2.71. The van der Waals surface area contributed by atoms with E-state index in [0.717, 1.165) is 17.7 Å². The molecule has 5 heteroatoms. The van der Waals surface area contributed by atoms with E-state index >= 15 is 0 Å². The van der Waals surface area contributed by atoms with Crippen molar-refractivity contribution < 1.29 is 9.53 Å². The fraction of sp³-hybridized carbons (Fsp3) is 0.467. The molecule has 2 N–H and O–H groups in total. The molecule has 20 heavy (non-hydrogen) atoms. The first-order valence-corrected chi connectivity index (χ1v) is 6.77. The van der Waals surface area contributed by atoms with Crippen molar-refractivity contribution >= 4 is 5.91 Å². The Bertz CT molecular complexity index is 468. The van der Waals surface area contributed by atoms with Crippen molar-refractivity contribution in [3.63, 3.8) is 0 Å². The summed E-state index contributed by atoms with van der Waals surface area (Å²) < 4.78 is 5.43. The van der Waals surface area contributed by atoms with E-state index in [0.29, 0.717) is 19.7 Å². The standard InChI is InChI=1S/C15H21N3O2/c1-3-20-14-7-4-6-13(10-14)15(11-16)18-9-5-8-17-12(2)19/h4,6-7,10,15,18H,3,5,8-9H2,1-2H3,(H,17,19). The van der Waals surface area contributed by atoms with E-state index in [4.69, 9.17) is 4.74 Å². The fourth-order valence-corrected chi connectivity index (χ4v) is 1.79. The molecule has 0 aliphatic heterocycles. The summed E-state index contributed by atoms with van der Waals surface area (Å²) in [4.78, 5) is 10.7. The maximum atomic E-state index is 10.7. The van der Waals surface area contributed by atoms with Gasteiger partial charge in [0.05, 0.1) is 12.7 Å². The van der Waals surface area contributed by atoms with Crippen LogP contribution in [-0.2, 0) is 4.79 Å². The van der Waals surface area contributed by atoms with Gasteiger partial charge in [-0.25, -0.2) is 0 Å². The number of carbonyl (C=O) groups excluding carboxylic acids is 1. The van der Waals surface area contributed by atoms with Crippen molar-refractivity contribution in [1.82, 2.24) is 10.6 Å². The molecule has 1 rings (SSSR count). The number of nitriles is 1. The number of nitrogens with one attached hydrogen (secondary N) is 2. The van der Waals surface area contributed by atoms with Gasteiger partial charge in [-0.1, -0.05) is 12.1 Å². The average molecular weight is 275 g/mol. The second kappa shape index (κ2) is 8.94. The lowest BCUT2D eigenvalue weighted by molar-refractivity contribution is -0.118. The molecule has 0 radical (unpaired) electrons. The first-order valence-electron chi connectivity index (χ1n) is 6.77. The number of rotatable bonds is 8. The van der Waals surface area contributed by atoms with Gasteiger partial charge in [-0.05, 0) is 37.6 Å². The Hall–Kier alpha value is -2.06. The van der Waals surface area contributed by atoms with Crippen molar-refractivity contribution in [1.29, 1.82) is 5.26 Å². The second-order valence-electron chi connectivity index (χ2n) is 4.36. The molecule has 1 aromatic rings. The van der Waals surface area contributed by atoms with E-state index in [1.54, 1.807) is 0 Å². The molecule has 0 aromatic heterocycles. The van der Waals surface area contributed by atoms with Gasteiger partial charge in [-0.2, -0.15) is 5.26 Å². The molecule has 1 unspecified atom stereocenters. The van der Waals surface area contributed by atoms with Gasteiger partial charge in [-0.3, -0.25) is 10.1 Å². The highest BCUT2D eigenvalue weighted by Gasteiger charge is 2.10. The number of hydrogen-bond acceptors (Lipinski definition) is 4. The fourth-order valence-electron chi connectivity index (χ4n) is 1.79. The summed E-state index contributed by atoms with van der Waals surface area (Å²) in [7, 11) is 0. The number of benzene rings is 1. The van der Waals surface area contributed by atoms with E-state index in [1.807, 2.05) is 31.2 Å². The predicted octanol–water partition coefficient (Wildman–Crippen LogP) is 1.77. The summed E-state index contributed by atoms with van der Waals surface area (Å²) in [5.41, 5.74) is 0.887. The monoisotopic (exact) mass is 275 g/mol. The van der Waals surface area contributed by atoms with Gasteiger partial charge in [0.2, 0.25) is 5.91 Å². The van der Waals surface area contributed by atoms with Crippen LogP contribution in [0.5, 0.6) is 5.75 Å². The van der Waals surface area contributed by atoms with Crippen LogP contribution in [0.2, 0.25) is 0 Å². The number of carbonyl (C=O) groups is 1. The third-order valence-corrected chi connectivity index (χ3v) is 2.71. The molecule has 0 aliphatic rings. The molecule has 0 saturated heterocycles. The van der Waals surface area contributed by atoms with Crippen LogP contribution in [0.3, 0.4) is 0 Å². The zero-order valence-corrected chi connectivity index (χ0v) is 12.0. The number of amides is 1. The van der Waals surface area contributed by atoms with Crippen molar-refractivity contribution in [2.75, 3.05) is 19.7 Å². The smallest absolute Gasteiger partial charge is 0.216 e. The van der Waals surface area contributed by atoms with Crippen molar-refractivity contribution in [2.24, 2.45) is 0 Å². The van der Waals surface area contributed by atoms with Crippen LogP contribution < -0.4 is 15.4 Å². The van der Waals surface area contributed by atoms with Crippen molar-refractivity contribution in [2.45, 2.75) is 26.3 Å². The molecule has 5 nitrogen and oxygen atoms in total. The van der Waals surface area contributed by atoms with Crippen molar-refractivity contribution in [3.8, 4) is 11.8 Å². The number of ether oxygens (including phenoxy) is 1. The van der Waals surface area contributed by atoms with Gasteiger partial charge in [0, 0.05) is 13.5 Å². The Kier molecular flexibility index (Phi) is 7.15. The molecule has 0 aliphatic carbocycles. The zero-order chi connectivity index (χ0) is 14.8. The summed E-state index contributed by atoms with van der Waals surface area (Å²) in [6, 6.07) is 9.39. The van der Waals surface area contributed by atoms with E-state index in [-0.39, 0.29) is 11.9 Å². The zero-order valence-electron chi connectivity index (χ0n) is 12.0. The molecular weight excluding hydrogens is 254 g/mol. The summed E-state index contributed by atoms with van der Waals surface area (Å²) in [6.45, 7) is 5.29. The highest BCUT2D eigenvalue weighted by Crippen LogP contribution is 2.18. The topological polar surface area (TPSA) is 74.2 Å². The molecule has 1 aromatic carbocycles. The highest BCUT2D eigenvalue weighted by atomic mass is 16.5. The normalized spacial score (nSPS) is 11.4.